The molecule has 0 radical (unpaired) electrons. The van der Waals surface area contributed by atoms with Crippen LogP contribution in [-0.2, 0) is 11.3 Å². The first-order valence-electron chi connectivity index (χ1n) is 8.29. The fourth-order valence-corrected chi connectivity index (χ4v) is 3.35. The lowest BCUT2D eigenvalue weighted by molar-refractivity contribution is -0.132. The molecule has 4 rings (SSSR count). The molecule has 1 aromatic carbocycles. The van der Waals surface area contributed by atoms with Crippen LogP contribution in [0.15, 0.2) is 30.9 Å². The maximum absolute atomic E-state index is 12.6. The highest BCUT2D eigenvalue weighted by Gasteiger charge is 2.31. The summed E-state index contributed by atoms with van der Waals surface area (Å²) < 4.78 is 1.69. The number of rotatable bonds is 4. The van der Waals surface area contributed by atoms with Crippen molar-refractivity contribution in [2.24, 2.45) is 0 Å². The Morgan fingerprint density at radius 1 is 1.42 bits per heavy atom. The molecule has 1 atom stereocenters. The summed E-state index contributed by atoms with van der Waals surface area (Å²) >= 11 is 0. The van der Waals surface area contributed by atoms with Gasteiger partial charge in [0.1, 0.15) is 18.5 Å². The largest absolute Gasteiger partial charge is 0.340 e. The Bertz CT molecular complexity index is 853. The number of hydrogen-bond acceptors (Lipinski definition) is 4. The van der Waals surface area contributed by atoms with Crippen LogP contribution in [0, 0.1) is 6.92 Å². The van der Waals surface area contributed by atoms with Crippen molar-refractivity contribution in [2.45, 2.75) is 38.8 Å². The molecule has 3 heterocycles. The standard InChI is InChI=1S/C17H20N6O/c1-12-4-5-13-14(9-12)21-17(20-13)15-3-2-7-23(15)16(24)6-8-22-11-18-10-19-22/h4-5,9-11,15H,2-3,6-8H2,1H3,(H,20,21)/t15-/m0/s1. The van der Waals surface area contributed by atoms with Crippen LogP contribution < -0.4 is 0 Å². The maximum Gasteiger partial charge on any atom is 0.225 e. The van der Waals surface area contributed by atoms with Crippen LogP contribution in [0.2, 0.25) is 0 Å². The number of carbonyl (C=O) groups excluding carboxylic acids is 1. The molecule has 0 aliphatic carbocycles. The number of nitrogens with zero attached hydrogens (tertiary/aromatic N) is 5. The van der Waals surface area contributed by atoms with Crippen molar-refractivity contribution >= 4 is 16.9 Å². The molecule has 3 aromatic rings. The van der Waals surface area contributed by atoms with E-state index in [1.54, 1.807) is 11.0 Å². The fraction of sp³-hybridized carbons (Fsp3) is 0.412. The molecule has 1 saturated heterocycles. The second-order valence-electron chi connectivity index (χ2n) is 6.30. The van der Waals surface area contributed by atoms with Crippen LogP contribution in [0.5, 0.6) is 0 Å². The molecular formula is C17H20N6O. The van der Waals surface area contributed by atoms with Crippen molar-refractivity contribution in [1.29, 1.82) is 0 Å². The predicted molar refractivity (Wildman–Crippen MR) is 89.2 cm³/mol. The summed E-state index contributed by atoms with van der Waals surface area (Å²) in [6.07, 6.45) is 5.51. The van der Waals surface area contributed by atoms with Gasteiger partial charge in [-0.25, -0.2) is 9.97 Å². The Hall–Kier alpha value is -2.70. The van der Waals surface area contributed by atoms with Gasteiger partial charge in [0.25, 0.3) is 0 Å². The molecule has 1 fully saturated rings. The Labute approximate surface area is 139 Å². The van der Waals surface area contributed by atoms with Crippen LogP contribution in [-0.4, -0.2) is 42.1 Å². The molecule has 1 N–H and O–H groups in total. The minimum absolute atomic E-state index is 0.0425. The van der Waals surface area contributed by atoms with Gasteiger partial charge in [0.15, 0.2) is 0 Å². The lowest BCUT2D eigenvalue weighted by Crippen LogP contribution is -2.31. The highest BCUT2D eigenvalue weighted by molar-refractivity contribution is 5.78. The van der Waals surface area contributed by atoms with Crippen molar-refractivity contribution < 1.29 is 4.79 Å². The van der Waals surface area contributed by atoms with Gasteiger partial charge in [0, 0.05) is 13.0 Å². The third-order valence-electron chi connectivity index (χ3n) is 4.57. The van der Waals surface area contributed by atoms with Crippen molar-refractivity contribution in [1.82, 2.24) is 29.6 Å². The number of H-pyrrole nitrogens is 1. The predicted octanol–water partition coefficient (Wildman–Crippen LogP) is 2.22. The zero-order chi connectivity index (χ0) is 16.5. The SMILES string of the molecule is Cc1ccc2nc([C@@H]3CCCN3C(=O)CCn3cncn3)[nH]c2c1. The van der Waals surface area contributed by atoms with Crippen molar-refractivity contribution in [3.8, 4) is 0 Å². The van der Waals surface area contributed by atoms with Crippen LogP contribution in [0.4, 0.5) is 0 Å². The number of fused-ring (bicyclic) bond motifs is 1. The van der Waals surface area contributed by atoms with Gasteiger partial charge in [0.2, 0.25) is 5.91 Å². The topological polar surface area (TPSA) is 79.7 Å². The number of benzene rings is 1. The van der Waals surface area contributed by atoms with Crippen molar-refractivity contribution in [2.75, 3.05) is 6.54 Å². The fourth-order valence-electron chi connectivity index (χ4n) is 3.35. The van der Waals surface area contributed by atoms with E-state index in [1.807, 2.05) is 11.0 Å². The van der Waals surface area contributed by atoms with E-state index in [2.05, 4.69) is 34.1 Å². The molecule has 124 valence electrons. The molecular weight excluding hydrogens is 304 g/mol. The number of hydrogen-bond donors (Lipinski definition) is 1. The summed E-state index contributed by atoms with van der Waals surface area (Å²) in [5.41, 5.74) is 3.19. The molecule has 0 saturated carbocycles. The van der Waals surface area contributed by atoms with Crippen LogP contribution in [0.1, 0.15) is 36.7 Å². The van der Waals surface area contributed by atoms with E-state index < -0.39 is 0 Å². The van der Waals surface area contributed by atoms with E-state index in [0.29, 0.717) is 13.0 Å². The molecule has 0 unspecified atom stereocenters. The van der Waals surface area contributed by atoms with Gasteiger partial charge in [-0.3, -0.25) is 9.48 Å². The zero-order valence-electron chi connectivity index (χ0n) is 13.6. The zero-order valence-corrected chi connectivity index (χ0v) is 13.6. The van der Waals surface area contributed by atoms with Crippen molar-refractivity contribution in [3.05, 3.63) is 42.2 Å². The average molecular weight is 324 g/mol. The summed E-state index contributed by atoms with van der Waals surface area (Å²) in [7, 11) is 0. The van der Waals surface area contributed by atoms with Gasteiger partial charge in [0.05, 0.1) is 23.6 Å². The first-order chi connectivity index (χ1) is 11.7. The van der Waals surface area contributed by atoms with E-state index in [1.165, 1.54) is 11.9 Å². The summed E-state index contributed by atoms with van der Waals surface area (Å²) in [5.74, 6) is 1.03. The number of carbonyl (C=O) groups is 1. The number of nitrogens with one attached hydrogen (secondary N) is 1. The molecule has 1 amide bonds. The summed E-state index contributed by atoms with van der Waals surface area (Å²) in [5, 5.41) is 4.05. The van der Waals surface area contributed by atoms with Gasteiger partial charge in [-0.1, -0.05) is 6.07 Å². The first kappa shape index (κ1) is 14.9. The van der Waals surface area contributed by atoms with Gasteiger partial charge in [-0.05, 0) is 37.5 Å². The van der Waals surface area contributed by atoms with Crippen LogP contribution >= 0.6 is 0 Å². The molecule has 0 bridgehead atoms. The van der Waals surface area contributed by atoms with Gasteiger partial charge in [-0.15, -0.1) is 0 Å². The number of likely N-dealkylation sites (tertiary alicyclic amines) is 1. The highest BCUT2D eigenvalue weighted by Crippen LogP contribution is 2.32. The number of aromatic amines is 1. The molecule has 7 heteroatoms. The Morgan fingerprint density at radius 3 is 3.17 bits per heavy atom. The van der Waals surface area contributed by atoms with Crippen molar-refractivity contribution in [3.63, 3.8) is 0 Å². The molecule has 1 aliphatic heterocycles. The van der Waals surface area contributed by atoms with E-state index in [-0.39, 0.29) is 11.9 Å². The quantitative estimate of drug-likeness (QED) is 0.798. The highest BCUT2D eigenvalue weighted by atomic mass is 16.2. The summed E-state index contributed by atoms with van der Waals surface area (Å²) in [6.45, 7) is 3.41. The molecule has 0 spiro atoms. The smallest absolute Gasteiger partial charge is 0.225 e. The maximum atomic E-state index is 12.6. The van der Waals surface area contributed by atoms with E-state index in [4.69, 9.17) is 4.98 Å². The Balaban J connectivity index is 1.51. The lowest BCUT2D eigenvalue weighted by atomic mass is 10.2. The normalized spacial score (nSPS) is 17.7. The average Bonchev–Trinajstić information content (AvgIpc) is 3.30. The number of aryl methyl sites for hydroxylation is 2. The third kappa shape index (κ3) is 2.77. The molecule has 24 heavy (non-hydrogen) atoms. The molecule has 7 nitrogen and oxygen atoms in total. The van der Waals surface area contributed by atoms with Gasteiger partial charge < -0.3 is 9.88 Å². The second-order valence-corrected chi connectivity index (χ2v) is 6.30. The summed E-state index contributed by atoms with van der Waals surface area (Å²) in [6, 6.07) is 6.22. The van der Waals surface area contributed by atoms with Crippen LogP contribution in [0.25, 0.3) is 11.0 Å². The second kappa shape index (κ2) is 6.07. The minimum Gasteiger partial charge on any atom is -0.340 e. The molecule has 1 aliphatic rings. The molecule has 2 aromatic heterocycles. The lowest BCUT2D eigenvalue weighted by Gasteiger charge is -2.23. The number of imidazole rings is 1. The third-order valence-corrected chi connectivity index (χ3v) is 4.57. The Kier molecular flexibility index (Phi) is 3.76. The van der Waals surface area contributed by atoms with E-state index >= 15 is 0 Å². The number of aromatic nitrogens is 5. The summed E-state index contributed by atoms with van der Waals surface area (Å²) in [4.78, 5) is 26.6. The van der Waals surface area contributed by atoms with Gasteiger partial charge in [-0.2, -0.15) is 5.10 Å². The number of amides is 1. The van der Waals surface area contributed by atoms with E-state index in [0.717, 1.165) is 36.2 Å². The van der Waals surface area contributed by atoms with Crippen LogP contribution in [0.3, 0.4) is 0 Å². The first-order valence-corrected chi connectivity index (χ1v) is 8.29. The van der Waals surface area contributed by atoms with E-state index in [9.17, 15) is 4.79 Å². The monoisotopic (exact) mass is 324 g/mol. The Morgan fingerprint density at radius 2 is 2.33 bits per heavy atom. The minimum atomic E-state index is 0.0425. The van der Waals surface area contributed by atoms with Gasteiger partial charge >= 0.3 is 0 Å².